The second-order valence-corrected chi connectivity index (χ2v) is 7.92. The molecule has 4 heteroatoms. The van der Waals surface area contributed by atoms with E-state index in [1.165, 1.54) is 5.56 Å². The zero-order valence-electron chi connectivity index (χ0n) is 16.2. The molecule has 1 atom stereocenters. The molecule has 0 fully saturated rings. The van der Waals surface area contributed by atoms with Crippen molar-refractivity contribution in [3.63, 3.8) is 0 Å². The third kappa shape index (κ3) is 3.47. The zero-order valence-corrected chi connectivity index (χ0v) is 16.2. The summed E-state index contributed by atoms with van der Waals surface area (Å²) in [6.45, 7) is 10.4. The number of carbonyl (C=O) groups excluding carboxylic acids is 1. The highest BCUT2D eigenvalue weighted by Crippen LogP contribution is 2.40. The SMILES string of the molecule is CC(C)c1ccc(CN2C(=O)C(C)(C)Oc3ccc(C(C)N)cc32)cc1. The molecule has 1 unspecified atom stereocenters. The number of hydrogen-bond donors (Lipinski definition) is 1. The molecule has 3 rings (SSSR count). The van der Waals surface area contributed by atoms with Crippen LogP contribution in [-0.4, -0.2) is 11.5 Å². The molecule has 2 aromatic rings. The molecule has 2 N–H and O–H groups in total. The van der Waals surface area contributed by atoms with Gasteiger partial charge in [-0.15, -0.1) is 0 Å². The number of nitrogens with two attached hydrogens (primary N) is 1. The molecule has 0 saturated heterocycles. The average Bonchev–Trinajstić information content (AvgIpc) is 2.58. The predicted molar refractivity (Wildman–Crippen MR) is 105 cm³/mol. The Labute approximate surface area is 156 Å². The van der Waals surface area contributed by atoms with E-state index in [1.54, 1.807) is 0 Å². The lowest BCUT2D eigenvalue weighted by Gasteiger charge is -2.39. The van der Waals surface area contributed by atoms with E-state index in [-0.39, 0.29) is 11.9 Å². The molecule has 4 nitrogen and oxygen atoms in total. The van der Waals surface area contributed by atoms with Gasteiger partial charge in [0.2, 0.25) is 0 Å². The summed E-state index contributed by atoms with van der Waals surface area (Å²) in [7, 11) is 0. The number of anilines is 1. The van der Waals surface area contributed by atoms with E-state index in [4.69, 9.17) is 10.5 Å². The largest absolute Gasteiger partial charge is 0.476 e. The Bertz CT molecular complexity index is 807. The van der Waals surface area contributed by atoms with Gasteiger partial charge in [-0.05, 0) is 55.5 Å². The van der Waals surface area contributed by atoms with Gasteiger partial charge in [0, 0.05) is 6.04 Å². The van der Waals surface area contributed by atoms with Gasteiger partial charge in [-0.25, -0.2) is 0 Å². The fourth-order valence-corrected chi connectivity index (χ4v) is 3.22. The normalized spacial score (nSPS) is 17.0. The van der Waals surface area contributed by atoms with Crippen LogP contribution in [0.25, 0.3) is 0 Å². The minimum absolute atomic E-state index is 0.0419. The first-order valence-corrected chi connectivity index (χ1v) is 9.18. The Balaban J connectivity index is 1.99. The Morgan fingerprint density at radius 3 is 2.23 bits per heavy atom. The fraction of sp³-hybridized carbons (Fsp3) is 0.409. The molecule has 138 valence electrons. The zero-order chi connectivity index (χ0) is 19.1. The second kappa shape index (κ2) is 6.76. The lowest BCUT2D eigenvalue weighted by molar-refractivity contribution is -0.132. The lowest BCUT2D eigenvalue weighted by Crippen LogP contribution is -2.52. The van der Waals surface area contributed by atoms with Crippen molar-refractivity contribution < 1.29 is 9.53 Å². The summed E-state index contributed by atoms with van der Waals surface area (Å²) in [6, 6.07) is 14.2. The molecular formula is C22H28N2O2. The van der Waals surface area contributed by atoms with Gasteiger partial charge in [-0.3, -0.25) is 4.79 Å². The molecule has 0 spiro atoms. The molecule has 1 aliphatic rings. The molecule has 0 aromatic heterocycles. The van der Waals surface area contributed by atoms with Crippen molar-refractivity contribution in [1.29, 1.82) is 0 Å². The first kappa shape index (κ1) is 18.5. The van der Waals surface area contributed by atoms with Gasteiger partial charge in [0.25, 0.3) is 5.91 Å². The number of fused-ring (bicyclic) bond motifs is 1. The first-order chi connectivity index (χ1) is 12.2. The molecule has 26 heavy (non-hydrogen) atoms. The summed E-state index contributed by atoms with van der Waals surface area (Å²) in [5, 5.41) is 0. The van der Waals surface area contributed by atoms with Gasteiger partial charge >= 0.3 is 0 Å². The molecule has 2 aromatic carbocycles. The van der Waals surface area contributed by atoms with Crippen LogP contribution in [0.4, 0.5) is 5.69 Å². The highest BCUT2D eigenvalue weighted by molar-refractivity contribution is 6.02. The van der Waals surface area contributed by atoms with Gasteiger partial charge in [0.1, 0.15) is 5.75 Å². The van der Waals surface area contributed by atoms with E-state index >= 15 is 0 Å². The maximum absolute atomic E-state index is 13.0. The minimum Gasteiger partial charge on any atom is -0.476 e. The quantitative estimate of drug-likeness (QED) is 0.879. The number of amides is 1. The number of hydrogen-bond acceptors (Lipinski definition) is 3. The molecule has 0 saturated carbocycles. The van der Waals surface area contributed by atoms with E-state index in [0.717, 1.165) is 22.6 Å². The monoisotopic (exact) mass is 352 g/mol. The summed E-state index contributed by atoms with van der Waals surface area (Å²) in [5.41, 5.74) is 9.31. The summed E-state index contributed by atoms with van der Waals surface area (Å²) in [5.74, 6) is 1.17. The van der Waals surface area contributed by atoms with Crippen molar-refractivity contribution in [3.8, 4) is 5.75 Å². The number of nitrogens with zero attached hydrogens (tertiary/aromatic N) is 1. The smallest absolute Gasteiger partial charge is 0.271 e. The topological polar surface area (TPSA) is 55.6 Å². The van der Waals surface area contributed by atoms with Crippen molar-refractivity contribution in [2.75, 3.05) is 4.90 Å². The molecule has 1 aliphatic heterocycles. The maximum atomic E-state index is 13.0. The Hall–Kier alpha value is -2.33. The lowest BCUT2D eigenvalue weighted by atomic mass is 9.99. The van der Waals surface area contributed by atoms with Crippen LogP contribution in [-0.2, 0) is 11.3 Å². The van der Waals surface area contributed by atoms with Crippen LogP contribution in [0.1, 0.15) is 63.3 Å². The molecule has 1 heterocycles. The summed E-state index contributed by atoms with van der Waals surface area (Å²) < 4.78 is 5.95. The predicted octanol–water partition coefficient (Wildman–Crippen LogP) is 4.53. The van der Waals surface area contributed by atoms with E-state index in [9.17, 15) is 4.79 Å². The van der Waals surface area contributed by atoms with Gasteiger partial charge in [-0.2, -0.15) is 0 Å². The molecular weight excluding hydrogens is 324 g/mol. The first-order valence-electron chi connectivity index (χ1n) is 9.18. The summed E-state index contributed by atoms with van der Waals surface area (Å²) >= 11 is 0. The van der Waals surface area contributed by atoms with Gasteiger partial charge in [-0.1, -0.05) is 44.2 Å². The van der Waals surface area contributed by atoms with Gasteiger partial charge in [0.15, 0.2) is 5.60 Å². The van der Waals surface area contributed by atoms with E-state index in [0.29, 0.717) is 12.5 Å². The van der Waals surface area contributed by atoms with Gasteiger partial charge in [0.05, 0.1) is 12.2 Å². The molecule has 0 bridgehead atoms. The third-order valence-corrected chi connectivity index (χ3v) is 4.91. The van der Waals surface area contributed by atoms with Crippen molar-refractivity contribution in [3.05, 3.63) is 59.2 Å². The highest BCUT2D eigenvalue weighted by atomic mass is 16.5. The third-order valence-electron chi connectivity index (χ3n) is 4.91. The van der Waals surface area contributed by atoms with Crippen LogP contribution in [0.3, 0.4) is 0 Å². The fourth-order valence-electron chi connectivity index (χ4n) is 3.22. The average molecular weight is 352 g/mol. The highest BCUT2D eigenvalue weighted by Gasteiger charge is 2.41. The van der Waals surface area contributed by atoms with Crippen molar-refractivity contribution in [1.82, 2.24) is 0 Å². The standard InChI is InChI=1S/C22H28N2O2/c1-14(2)17-8-6-16(7-9-17)13-24-19-12-18(15(3)23)10-11-20(19)26-22(4,5)21(24)25/h6-12,14-15H,13,23H2,1-5H3. The van der Waals surface area contributed by atoms with E-state index < -0.39 is 5.60 Å². The van der Waals surface area contributed by atoms with Crippen molar-refractivity contribution >= 4 is 11.6 Å². The second-order valence-electron chi connectivity index (χ2n) is 7.92. The Morgan fingerprint density at radius 1 is 1.04 bits per heavy atom. The van der Waals surface area contributed by atoms with E-state index in [1.807, 2.05) is 43.9 Å². The molecule has 0 aliphatic carbocycles. The van der Waals surface area contributed by atoms with Crippen molar-refractivity contribution in [2.24, 2.45) is 5.73 Å². The van der Waals surface area contributed by atoms with Crippen molar-refractivity contribution in [2.45, 2.75) is 58.7 Å². The summed E-state index contributed by atoms with van der Waals surface area (Å²) in [4.78, 5) is 14.9. The maximum Gasteiger partial charge on any atom is 0.271 e. The van der Waals surface area contributed by atoms with E-state index in [2.05, 4.69) is 38.1 Å². The molecule has 0 radical (unpaired) electrons. The van der Waals surface area contributed by atoms with Crippen LogP contribution in [0.15, 0.2) is 42.5 Å². The van der Waals surface area contributed by atoms with Crippen LogP contribution >= 0.6 is 0 Å². The van der Waals surface area contributed by atoms with Crippen LogP contribution in [0, 0.1) is 0 Å². The number of rotatable bonds is 4. The Kier molecular flexibility index (Phi) is 4.80. The number of ether oxygens (including phenoxy) is 1. The Morgan fingerprint density at radius 2 is 1.65 bits per heavy atom. The number of benzene rings is 2. The van der Waals surface area contributed by atoms with Crippen LogP contribution in [0.2, 0.25) is 0 Å². The molecule has 1 amide bonds. The summed E-state index contributed by atoms with van der Waals surface area (Å²) in [6.07, 6.45) is 0. The van der Waals surface area contributed by atoms with Crippen LogP contribution < -0.4 is 15.4 Å². The van der Waals surface area contributed by atoms with Gasteiger partial charge < -0.3 is 15.4 Å². The minimum atomic E-state index is -0.888. The number of carbonyl (C=O) groups is 1. The van der Waals surface area contributed by atoms with Crippen LogP contribution in [0.5, 0.6) is 5.75 Å².